The maximum Gasteiger partial charge on any atom is 0.189 e. The van der Waals surface area contributed by atoms with E-state index in [4.69, 9.17) is 24.4 Å². The van der Waals surface area contributed by atoms with Crippen LogP contribution in [0.2, 0.25) is 0 Å². The fourth-order valence-electron chi connectivity index (χ4n) is 2.47. The number of hydrogen-bond donors (Lipinski definition) is 4. The molecule has 1 aromatic rings. The minimum atomic E-state index is 0.485. The van der Waals surface area contributed by atoms with Crippen LogP contribution in [-0.4, -0.2) is 16.3 Å². The van der Waals surface area contributed by atoms with Crippen LogP contribution in [0.5, 0.6) is 0 Å². The molecule has 0 heterocycles. The molecule has 0 amide bonds. The van der Waals surface area contributed by atoms with Crippen LogP contribution in [0.1, 0.15) is 37.7 Å². The first-order valence-electron chi connectivity index (χ1n) is 7.33. The molecule has 114 valence electrons. The summed E-state index contributed by atoms with van der Waals surface area (Å²) in [6.45, 7) is 2.04. The van der Waals surface area contributed by atoms with Gasteiger partial charge < -0.3 is 10.6 Å². The first-order chi connectivity index (χ1) is 10.1. The minimum absolute atomic E-state index is 0.485. The van der Waals surface area contributed by atoms with Gasteiger partial charge in [0.05, 0.1) is 0 Å². The predicted octanol–water partition coefficient (Wildman–Crippen LogP) is 2.99. The van der Waals surface area contributed by atoms with E-state index in [2.05, 4.69) is 21.5 Å². The van der Waals surface area contributed by atoms with Gasteiger partial charge in [0.1, 0.15) is 0 Å². The molecule has 0 aromatic heterocycles. The molecule has 1 aromatic carbocycles. The molecule has 4 nitrogen and oxygen atoms in total. The van der Waals surface area contributed by atoms with Gasteiger partial charge in [-0.2, -0.15) is 0 Å². The predicted molar refractivity (Wildman–Crippen MR) is 96.3 cm³/mol. The van der Waals surface area contributed by atoms with Crippen LogP contribution >= 0.6 is 24.4 Å². The number of hydrazine groups is 1. The minimum Gasteiger partial charge on any atom is -0.359 e. The molecule has 1 aliphatic carbocycles. The molecule has 0 unspecified atom stereocenters. The number of nitrogens with one attached hydrogen (secondary N) is 4. The average Bonchev–Trinajstić information content (AvgIpc) is 2.46. The van der Waals surface area contributed by atoms with Crippen LogP contribution < -0.4 is 21.5 Å². The number of benzene rings is 1. The van der Waals surface area contributed by atoms with Crippen LogP contribution in [0.4, 0.5) is 5.69 Å². The zero-order chi connectivity index (χ0) is 15.1. The van der Waals surface area contributed by atoms with E-state index >= 15 is 0 Å². The van der Waals surface area contributed by atoms with Gasteiger partial charge >= 0.3 is 0 Å². The van der Waals surface area contributed by atoms with E-state index in [0.717, 1.165) is 5.69 Å². The van der Waals surface area contributed by atoms with Gasteiger partial charge in [-0.3, -0.25) is 10.9 Å². The largest absolute Gasteiger partial charge is 0.359 e. The second kappa shape index (κ2) is 8.14. The molecule has 6 heteroatoms. The quantitative estimate of drug-likeness (QED) is 0.496. The SMILES string of the molecule is Cc1cccc(NC(=S)NNC(=S)NC2CCCCC2)c1. The van der Waals surface area contributed by atoms with Crippen molar-refractivity contribution in [3.63, 3.8) is 0 Å². The molecule has 0 aliphatic heterocycles. The fraction of sp³-hybridized carbons (Fsp3) is 0.467. The van der Waals surface area contributed by atoms with Crippen molar-refractivity contribution >= 4 is 40.3 Å². The summed E-state index contributed by atoms with van der Waals surface area (Å²) < 4.78 is 0. The third-order valence-corrected chi connectivity index (χ3v) is 3.93. The molecule has 1 saturated carbocycles. The highest BCUT2D eigenvalue weighted by atomic mass is 32.1. The van der Waals surface area contributed by atoms with Crippen molar-refractivity contribution in [2.24, 2.45) is 0 Å². The molecule has 0 saturated heterocycles. The molecule has 0 bridgehead atoms. The molecule has 0 radical (unpaired) electrons. The Labute approximate surface area is 137 Å². The molecule has 0 spiro atoms. The Morgan fingerprint density at radius 2 is 1.76 bits per heavy atom. The van der Waals surface area contributed by atoms with Gasteiger partial charge in [0.15, 0.2) is 10.2 Å². The van der Waals surface area contributed by atoms with E-state index in [9.17, 15) is 0 Å². The Morgan fingerprint density at radius 3 is 2.48 bits per heavy atom. The summed E-state index contributed by atoms with van der Waals surface area (Å²) in [6.07, 6.45) is 6.27. The molecular weight excluding hydrogens is 300 g/mol. The number of aryl methyl sites for hydroxylation is 1. The van der Waals surface area contributed by atoms with Crippen molar-refractivity contribution in [3.05, 3.63) is 29.8 Å². The van der Waals surface area contributed by atoms with Gasteiger partial charge in [-0.25, -0.2) is 0 Å². The molecule has 4 N–H and O–H groups in total. The number of rotatable bonds is 2. The van der Waals surface area contributed by atoms with Gasteiger partial charge in [-0.1, -0.05) is 31.4 Å². The van der Waals surface area contributed by atoms with Gasteiger partial charge in [-0.05, 0) is 61.9 Å². The van der Waals surface area contributed by atoms with Crippen molar-refractivity contribution in [1.82, 2.24) is 16.2 Å². The summed E-state index contributed by atoms with van der Waals surface area (Å²) >= 11 is 10.5. The summed E-state index contributed by atoms with van der Waals surface area (Å²) in [7, 11) is 0. The summed E-state index contributed by atoms with van der Waals surface area (Å²) in [4.78, 5) is 0. The van der Waals surface area contributed by atoms with Crippen LogP contribution in [0.25, 0.3) is 0 Å². The zero-order valence-corrected chi connectivity index (χ0v) is 13.9. The highest BCUT2D eigenvalue weighted by Gasteiger charge is 2.13. The molecule has 21 heavy (non-hydrogen) atoms. The number of anilines is 1. The summed E-state index contributed by atoms with van der Waals surface area (Å²) in [5.74, 6) is 0. The van der Waals surface area contributed by atoms with E-state index in [1.54, 1.807) is 0 Å². The number of hydrogen-bond acceptors (Lipinski definition) is 2. The first-order valence-corrected chi connectivity index (χ1v) is 8.15. The standard InChI is InChI=1S/C15H22N4S2/c1-11-6-5-9-13(10-11)17-15(21)19-18-14(20)16-12-7-3-2-4-8-12/h5-6,9-10,12H,2-4,7-8H2,1H3,(H2,16,18,20)(H2,17,19,21). The van der Waals surface area contributed by atoms with E-state index in [-0.39, 0.29) is 0 Å². The van der Waals surface area contributed by atoms with Crippen molar-refractivity contribution in [3.8, 4) is 0 Å². The second-order valence-corrected chi connectivity index (χ2v) is 6.20. The van der Waals surface area contributed by atoms with E-state index < -0.39 is 0 Å². The van der Waals surface area contributed by atoms with Gasteiger partial charge in [0, 0.05) is 11.7 Å². The summed E-state index contributed by atoms with van der Waals surface area (Å²) in [5.41, 5.74) is 7.98. The van der Waals surface area contributed by atoms with Crippen LogP contribution in [0.3, 0.4) is 0 Å². The maximum atomic E-state index is 5.27. The van der Waals surface area contributed by atoms with Gasteiger partial charge in [-0.15, -0.1) is 0 Å². The normalized spacial score (nSPS) is 15.1. The Kier molecular flexibility index (Phi) is 6.20. The fourth-order valence-corrected chi connectivity index (χ4v) is 2.85. The van der Waals surface area contributed by atoms with E-state index in [1.807, 2.05) is 31.2 Å². The molecule has 1 fully saturated rings. The third kappa shape index (κ3) is 5.85. The smallest absolute Gasteiger partial charge is 0.189 e. The Hall–Kier alpha value is -1.40. The monoisotopic (exact) mass is 322 g/mol. The lowest BCUT2D eigenvalue weighted by molar-refractivity contribution is 0.411. The lowest BCUT2D eigenvalue weighted by Crippen LogP contribution is -2.51. The summed E-state index contributed by atoms with van der Waals surface area (Å²) in [6, 6.07) is 8.52. The van der Waals surface area contributed by atoms with Gasteiger partial charge in [0.2, 0.25) is 0 Å². The third-order valence-electron chi connectivity index (χ3n) is 3.51. The highest BCUT2D eigenvalue weighted by Crippen LogP contribution is 2.17. The summed E-state index contributed by atoms with van der Waals surface area (Å²) in [5, 5.41) is 7.52. The Bertz CT molecular complexity index is 498. The first kappa shape index (κ1) is 16.0. The molecule has 0 atom stereocenters. The molecule has 1 aliphatic rings. The van der Waals surface area contributed by atoms with Crippen molar-refractivity contribution in [1.29, 1.82) is 0 Å². The maximum absolute atomic E-state index is 5.27. The highest BCUT2D eigenvalue weighted by molar-refractivity contribution is 7.80. The van der Waals surface area contributed by atoms with Gasteiger partial charge in [0.25, 0.3) is 0 Å². The van der Waals surface area contributed by atoms with Crippen LogP contribution in [0, 0.1) is 6.92 Å². The van der Waals surface area contributed by atoms with Crippen molar-refractivity contribution in [2.45, 2.75) is 45.1 Å². The molecular formula is C15H22N4S2. The lowest BCUT2D eigenvalue weighted by Gasteiger charge is -2.24. The number of thiocarbonyl (C=S) groups is 2. The van der Waals surface area contributed by atoms with Crippen molar-refractivity contribution < 1.29 is 0 Å². The molecule has 2 rings (SSSR count). The Balaban J connectivity index is 1.69. The van der Waals surface area contributed by atoms with Crippen molar-refractivity contribution in [2.75, 3.05) is 5.32 Å². The van der Waals surface area contributed by atoms with Crippen LogP contribution in [-0.2, 0) is 0 Å². The topological polar surface area (TPSA) is 48.1 Å². The van der Waals surface area contributed by atoms with Crippen LogP contribution in [0.15, 0.2) is 24.3 Å². The Morgan fingerprint density at radius 1 is 1.05 bits per heavy atom. The lowest BCUT2D eigenvalue weighted by atomic mass is 9.96. The van der Waals surface area contributed by atoms with E-state index in [1.165, 1.54) is 37.7 Å². The second-order valence-electron chi connectivity index (χ2n) is 5.38. The average molecular weight is 323 g/mol. The zero-order valence-electron chi connectivity index (χ0n) is 12.2. The van der Waals surface area contributed by atoms with E-state index in [0.29, 0.717) is 16.3 Å².